The number of hydrogen-bond donors (Lipinski definition) is 0. The maximum Gasteiger partial charge on any atom is 0.0594 e. The third-order valence-corrected chi connectivity index (χ3v) is 9.25. The molecule has 0 N–H and O–H groups in total. The highest BCUT2D eigenvalue weighted by Gasteiger charge is 2.42. The number of hydrogen-bond acceptors (Lipinski definition) is 5. The van der Waals surface area contributed by atoms with E-state index in [2.05, 4.69) is 9.80 Å². The van der Waals surface area contributed by atoms with Gasteiger partial charge in [-0.1, -0.05) is 25.7 Å². The molecule has 4 unspecified atom stereocenters. The lowest BCUT2D eigenvalue weighted by atomic mass is 9.92. The average Bonchev–Trinajstić information content (AvgIpc) is 2.74. The summed E-state index contributed by atoms with van der Waals surface area (Å²) >= 11 is 0. The molecule has 0 spiro atoms. The van der Waals surface area contributed by atoms with Gasteiger partial charge in [0.1, 0.15) is 0 Å². The quantitative estimate of drug-likeness (QED) is 0.650. The second-order valence-corrected chi connectivity index (χ2v) is 10.3. The molecule has 0 bridgehead atoms. The van der Waals surface area contributed by atoms with Gasteiger partial charge in [-0.05, 0) is 25.7 Å². The van der Waals surface area contributed by atoms with Gasteiger partial charge in [0.05, 0.1) is 36.9 Å². The molecule has 0 radical (unpaired) electrons. The van der Waals surface area contributed by atoms with Crippen molar-refractivity contribution in [3.8, 4) is 0 Å². The number of halogens is 2. The first kappa shape index (κ1) is 24.8. The molecule has 2 aliphatic carbocycles. The van der Waals surface area contributed by atoms with Crippen LogP contribution in [0.15, 0.2) is 0 Å². The minimum atomic E-state index is -0.721. The van der Waals surface area contributed by atoms with E-state index >= 15 is 0 Å². The van der Waals surface area contributed by atoms with Crippen LogP contribution in [0.2, 0.25) is 0 Å². The highest BCUT2D eigenvalue weighted by Crippen LogP contribution is 2.34. The van der Waals surface area contributed by atoms with Gasteiger partial charge in [0.15, 0.2) is 0 Å². The molecular formula is C20H38Cl2N2O3S. The standard InChI is InChI=1S/C20H36N2O3S.2ClH/c23-26(19-7-3-1-5-17(19)21-9-13-24-14-10-21)20-8-4-2-6-18(20)22-11-15-25-16-12-22;;/h17-20H,1-16H2;2*1H. The van der Waals surface area contributed by atoms with E-state index in [4.69, 9.17) is 9.47 Å². The van der Waals surface area contributed by atoms with E-state index in [1.807, 2.05) is 0 Å². The monoisotopic (exact) mass is 456 g/mol. The Morgan fingerprint density at radius 1 is 0.607 bits per heavy atom. The molecule has 2 saturated heterocycles. The Morgan fingerprint density at radius 2 is 0.964 bits per heavy atom. The van der Waals surface area contributed by atoms with Crippen molar-refractivity contribution in [2.45, 2.75) is 74.0 Å². The van der Waals surface area contributed by atoms with Crippen LogP contribution in [0.5, 0.6) is 0 Å². The fraction of sp³-hybridized carbons (Fsp3) is 1.00. The number of rotatable bonds is 4. The Balaban J connectivity index is 0.00000140. The highest BCUT2D eigenvalue weighted by molar-refractivity contribution is 7.86. The summed E-state index contributed by atoms with van der Waals surface area (Å²) in [5, 5.41) is 0.738. The normalized spacial score (nSPS) is 36.7. The fourth-order valence-corrected chi connectivity index (χ4v) is 8.06. The van der Waals surface area contributed by atoms with Gasteiger partial charge >= 0.3 is 0 Å². The summed E-state index contributed by atoms with van der Waals surface area (Å²) in [6.07, 6.45) is 9.87. The van der Waals surface area contributed by atoms with Gasteiger partial charge in [0.2, 0.25) is 0 Å². The lowest BCUT2D eigenvalue weighted by Crippen LogP contribution is -2.56. The molecule has 166 valence electrons. The van der Waals surface area contributed by atoms with Gasteiger partial charge < -0.3 is 9.47 Å². The molecule has 2 saturated carbocycles. The smallest absolute Gasteiger partial charge is 0.0594 e. The molecule has 2 heterocycles. The zero-order chi connectivity index (χ0) is 17.8. The van der Waals surface area contributed by atoms with E-state index in [1.165, 1.54) is 38.5 Å². The van der Waals surface area contributed by atoms with E-state index in [9.17, 15) is 4.21 Å². The van der Waals surface area contributed by atoms with Crippen LogP contribution in [0, 0.1) is 0 Å². The topological polar surface area (TPSA) is 42.0 Å². The maximum absolute atomic E-state index is 13.9. The van der Waals surface area contributed by atoms with Crippen molar-refractivity contribution >= 4 is 35.6 Å². The SMILES string of the molecule is Cl.Cl.O=S(C1CCCCC1N1CCOCC1)C1CCCCC1N1CCOCC1. The first-order valence-electron chi connectivity index (χ1n) is 10.9. The molecule has 28 heavy (non-hydrogen) atoms. The second kappa shape index (κ2) is 12.4. The molecule has 0 aromatic heterocycles. The third kappa shape index (κ3) is 5.83. The minimum Gasteiger partial charge on any atom is -0.379 e. The summed E-state index contributed by atoms with van der Waals surface area (Å²) < 4.78 is 25.0. The molecule has 4 rings (SSSR count). The zero-order valence-electron chi connectivity index (χ0n) is 17.0. The fourth-order valence-electron chi connectivity index (χ4n) is 5.57. The van der Waals surface area contributed by atoms with Crippen molar-refractivity contribution in [3.63, 3.8) is 0 Å². The van der Waals surface area contributed by atoms with Crippen LogP contribution >= 0.6 is 24.8 Å². The van der Waals surface area contributed by atoms with Crippen LogP contribution in [0.3, 0.4) is 0 Å². The summed E-state index contributed by atoms with van der Waals surface area (Å²) in [6, 6.07) is 1.03. The first-order valence-corrected chi connectivity index (χ1v) is 12.1. The molecule has 0 amide bonds. The molecular weight excluding hydrogens is 419 g/mol. The highest BCUT2D eigenvalue weighted by atomic mass is 35.5. The molecule has 8 heteroatoms. The van der Waals surface area contributed by atoms with Crippen LogP contribution in [0.1, 0.15) is 51.4 Å². The van der Waals surface area contributed by atoms with Gasteiger partial charge in [-0.2, -0.15) is 0 Å². The molecule has 0 aromatic rings. The predicted octanol–water partition coefficient (Wildman–Crippen LogP) is 2.87. The number of nitrogens with zero attached hydrogens (tertiary/aromatic N) is 2. The average molecular weight is 458 g/mol. The van der Waals surface area contributed by atoms with E-state index in [0.717, 1.165) is 65.4 Å². The van der Waals surface area contributed by atoms with Crippen molar-refractivity contribution in [2.24, 2.45) is 0 Å². The van der Waals surface area contributed by atoms with Crippen LogP contribution in [0.4, 0.5) is 0 Å². The number of ether oxygens (including phenoxy) is 2. The molecule has 5 nitrogen and oxygen atoms in total. The van der Waals surface area contributed by atoms with Crippen LogP contribution in [0.25, 0.3) is 0 Å². The maximum atomic E-state index is 13.9. The minimum absolute atomic E-state index is 0. The third-order valence-electron chi connectivity index (χ3n) is 6.96. The van der Waals surface area contributed by atoms with Gasteiger partial charge in [0.25, 0.3) is 0 Å². The van der Waals surface area contributed by atoms with Gasteiger partial charge in [-0.3, -0.25) is 14.0 Å². The van der Waals surface area contributed by atoms with Gasteiger partial charge in [-0.15, -0.1) is 24.8 Å². The van der Waals surface area contributed by atoms with Gasteiger partial charge in [0, 0.05) is 49.1 Å². The summed E-state index contributed by atoms with van der Waals surface area (Å²) in [5.74, 6) is 0. The first-order chi connectivity index (χ1) is 12.8. The summed E-state index contributed by atoms with van der Waals surface area (Å²) in [5.41, 5.74) is 0. The Bertz CT molecular complexity index is 436. The Hall–Kier alpha value is 0.570. The molecule has 2 aliphatic heterocycles. The second-order valence-electron chi connectivity index (χ2n) is 8.41. The van der Waals surface area contributed by atoms with E-state index in [1.54, 1.807) is 0 Å². The van der Waals surface area contributed by atoms with Gasteiger partial charge in [-0.25, -0.2) is 0 Å². The van der Waals surface area contributed by atoms with Crippen molar-refractivity contribution in [3.05, 3.63) is 0 Å². The summed E-state index contributed by atoms with van der Waals surface area (Å²) in [7, 11) is -0.721. The lowest BCUT2D eigenvalue weighted by Gasteiger charge is -2.46. The molecule has 4 fully saturated rings. The van der Waals surface area contributed by atoms with Crippen LogP contribution in [-0.4, -0.2) is 89.2 Å². The molecule has 0 aromatic carbocycles. The van der Waals surface area contributed by atoms with Crippen LogP contribution < -0.4 is 0 Å². The van der Waals surface area contributed by atoms with Crippen LogP contribution in [-0.2, 0) is 20.3 Å². The molecule has 4 atom stereocenters. The number of morpholine rings is 2. The van der Waals surface area contributed by atoms with E-state index in [0.29, 0.717) is 22.6 Å². The van der Waals surface area contributed by atoms with Crippen molar-refractivity contribution in [1.29, 1.82) is 0 Å². The largest absolute Gasteiger partial charge is 0.379 e. The predicted molar refractivity (Wildman–Crippen MR) is 120 cm³/mol. The Kier molecular flexibility index (Phi) is 11.0. The van der Waals surface area contributed by atoms with Crippen molar-refractivity contribution in [1.82, 2.24) is 9.80 Å². The lowest BCUT2D eigenvalue weighted by molar-refractivity contribution is 0.00717. The van der Waals surface area contributed by atoms with E-state index < -0.39 is 10.8 Å². The molecule has 4 aliphatic rings. The van der Waals surface area contributed by atoms with Crippen molar-refractivity contribution < 1.29 is 13.7 Å². The summed E-state index contributed by atoms with van der Waals surface area (Å²) in [4.78, 5) is 5.19. The zero-order valence-corrected chi connectivity index (χ0v) is 19.4. The Labute approximate surface area is 185 Å². The summed E-state index contributed by atoms with van der Waals surface area (Å²) in [6.45, 7) is 7.47. The Morgan fingerprint density at radius 3 is 1.36 bits per heavy atom. The van der Waals surface area contributed by atoms with E-state index in [-0.39, 0.29) is 24.8 Å². The van der Waals surface area contributed by atoms with Crippen molar-refractivity contribution in [2.75, 3.05) is 52.6 Å².